The molecule has 1 amide bonds. The molecule has 0 aliphatic carbocycles. The van der Waals surface area contributed by atoms with Gasteiger partial charge in [-0.25, -0.2) is 9.97 Å². The minimum absolute atomic E-state index is 0.0679. The number of nitrogens with zero attached hydrogens (tertiary/aromatic N) is 6. The van der Waals surface area contributed by atoms with Crippen LogP contribution >= 0.6 is 0 Å². The number of hydrogen-bond donors (Lipinski definition) is 1. The van der Waals surface area contributed by atoms with Crippen molar-refractivity contribution in [3.8, 4) is 11.4 Å². The lowest BCUT2D eigenvalue weighted by molar-refractivity contribution is -0.120. The van der Waals surface area contributed by atoms with E-state index >= 15 is 0 Å². The Morgan fingerprint density at radius 3 is 2.96 bits per heavy atom. The summed E-state index contributed by atoms with van der Waals surface area (Å²) in [5, 5.41) is 8.16. The molecule has 0 bridgehead atoms. The van der Waals surface area contributed by atoms with Crippen LogP contribution in [0.25, 0.3) is 22.4 Å². The van der Waals surface area contributed by atoms with E-state index < -0.39 is 0 Å². The first kappa shape index (κ1) is 15.5. The highest BCUT2D eigenvalue weighted by molar-refractivity contribution is 5.89. The molecule has 0 saturated carbocycles. The van der Waals surface area contributed by atoms with E-state index in [1.54, 1.807) is 23.3 Å². The molecule has 1 N–H and O–H groups in total. The first-order chi connectivity index (χ1) is 12.1. The van der Waals surface area contributed by atoms with Gasteiger partial charge in [-0.3, -0.25) is 14.5 Å². The molecule has 0 spiro atoms. The standard InChI is InChI=1S/C17H19N7O/c1-11-8-19-14(25)5-7-24(11)17-13-10-20-23(2)16(13)21-15(22-17)12-4-3-6-18-9-12/h3-4,6,9-11H,5,7-8H2,1-2H3,(H,19,25)/t11-/m0/s1. The number of hydrogen-bond acceptors (Lipinski definition) is 6. The number of nitrogens with one attached hydrogen (secondary N) is 1. The highest BCUT2D eigenvalue weighted by Crippen LogP contribution is 2.28. The maximum atomic E-state index is 11.8. The molecule has 1 fully saturated rings. The molecule has 3 aromatic heterocycles. The maximum absolute atomic E-state index is 11.8. The molecule has 25 heavy (non-hydrogen) atoms. The Morgan fingerprint density at radius 1 is 1.28 bits per heavy atom. The van der Waals surface area contributed by atoms with Crippen molar-refractivity contribution < 1.29 is 4.79 Å². The van der Waals surface area contributed by atoms with Gasteiger partial charge in [-0.05, 0) is 19.1 Å². The lowest BCUT2D eigenvalue weighted by Gasteiger charge is -2.28. The molecule has 8 heteroatoms. The van der Waals surface area contributed by atoms with Crippen LogP contribution in [0.15, 0.2) is 30.7 Å². The van der Waals surface area contributed by atoms with Gasteiger partial charge in [0.2, 0.25) is 5.91 Å². The van der Waals surface area contributed by atoms with Crippen LogP contribution in [-0.4, -0.2) is 49.8 Å². The second-order valence-corrected chi connectivity index (χ2v) is 6.21. The monoisotopic (exact) mass is 337 g/mol. The number of rotatable bonds is 2. The Morgan fingerprint density at radius 2 is 2.16 bits per heavy atom. The summed E-state index contributed by atoms with van der Waals surface area (Å²) in [7, 11) is 1.86. The number of aryl methyl sites for hydroxylation is 1. The number of pyridine rings is 1. The minimum atomic E-state index is 0.0679. The van der Waals surface area contributed by atoms with Crippen molar-refractivity contribution in [3.63, 3.8) is 0 Å². The summed E-state index contributed by atoms with van der Waals surface area (Å²) in [5.74, 6) is 1.48. The van der Waals surface area contributed by atoms with Gasteiger partial charge in [0.15, 0.2) is 11.5 Å². The van der Waals surface area contributed by atoms with Gasteiger partial charge in [0, 0.05) is 50.6 Å². The van der Waals surface area contributed by atoms with Crippen LogP contribution in [0.2, 0.25) is 0 Å². The van der Waals surface area contributed by atoms with Crippen LogP contribution in [-0.2, 0) is 11.8 Å². The zero-order valence-electron chi connectivity index (χ0n) is 14.2. The summed E-state index contributed by atoms with van der Waals surface area (Å²) in [6, 6.07) is 3.93. The fourth-order valence-corrected chi connectivity index (χ4v) is 3.07. The van der Waals surface area contributed by atoms with Crippen LogP contribution in [0.3, 0.4) is 0 Å². The minimum Gasteiger partial charge on any atom is -0.354 e. The van der Waals surface area contributed by atoms with Crippen molar-refractivity contribution in [2.24, 2.45) is 7.05 Å². The normalized spacial score (nSPS) is 18.2. The number of aromatic nitrogens is 5. The molecule has 128 valence electrons. The number of fused-ring (bicyclic) bond motifs is 1. The molecule has 0 unspecified atom stereocenters. The average molecular weight is 337 g/mol. The third-order valence-corrected chi connectivity index (χ3v) is 4.47. The van der Waals surface area contributed by atoms with Crippen LogP contribution in [0.5, 0.6) is 0 Å². The van der Waals surface area contributed by atoms with Gasteiger partial charge in [0.1, 0.15) is 5.82 Å². The van der Waals surface area contributed by atoms with Crippen molar-refractivity contribution in [3.05, 3.63) is 30.7 Å². The zero-order valence-corrected chi connectivity index (χ0v) is 14.2. The lowest BCUT2D eigenvalue weighted by Crippen LogP contribution is -2.38. The van der Waals surface area contributed by atoms with E-state index in [2.05, 4.69) is 32.2 Å². The molecule has 1 aliphatic heterocycles. The fraction of sp³-hybridized carbons (Fsp3) is 0.353. The summed E-state index contributed by atoms with van der Waals surface area (Å²) < 4.78 is 1.74. The van der Waals surface area contributed by atoms with Crippen molar-refractivity contribution >= 4 is 22.8 Å². The zero-order chi connectivity index (χ0) is 17.4. The third kappa shape index (κ3) is 2.79. The maximum Gasteiger partial charge on any atom is 0.221 e. The second kappa shape index (κ2) is 6.12. The Hall–Kier alpha value is -3.03. The molecule has 0 radical (unpaired) electrons. The van der Waals surface area contributed by atoms with E-state index in [0.29, 0.717) is 25.3 Å². The first-order valence-corrected chi connectivity index (χ1v) is 8.27. The molecule has 1 atom stereocenters. The average Bonchev–Trinajstić information content (AvgIpc) is 2.92. The van der Waals surface area contributed by atoms with Crippen LogP contribution in [0.1, 0.15) is 13.3 Å². The van der Waals surface area contributed by atoms with Crippen molar-refractivity contribution in [1.82, 2.24) is 30.0 Å². The number of carbonyl (C=O) groups is 1. The number of amides is 1. The van der Waals surface area contributed by atoms with E-state index in [1.807, 2.05) is 19.2 Å². The van der Waals surface area contributed by atoms with Gasteiger partial charge in [-0.15, -0.1) is 0 Å². The van der Waals surface area contributed by atoms with E-state index in [9.17, 15) is 4.79 Å². The summed E-state index contributed by atoms with van der Waals surface area (Å²) in [6.07, 6.45) is 5.70. The van der Waals surface area contributed by atoms with Crippen molar-refractivity contribution in [1.29, 1.82) is 0 Å². The van der Waals surface area contributed by atoms with Gasteiger partial charge in [-0.2, -0.15) is 5.10 Å². The predicted octanol–water partition coefficient (Wildman–Crippen LogP) is 1.14. The van der Waals surface area contributed by atoms with Crippen LogP contribution in [0, 0.1) is 0 Å². The number of carbonyl (C=O) groups excluding carboxylic acids is 1. The van der Waals surface area contributed by atoms with Gasteiger partial charge in [0.05, 0.1) is 11.6 Å². The van der Waals surface area contributed by atoms with Crippen molar-refractivity contribution in [2.45, 2.75) is 19.4 Å². The summed E-state index contributed by atoms with van der Waals surface area (Å²) in [6.45, 7) is 3.28. The van der Waals surface area contributed by atoms with Crippen molar-refractivity contribution in [2.75, 3.05) is 18.0 Å². The summed E-state index contributed by atoms with van der Waals surface area (Å²) in [4.78, 5) is 27.6. The van der Waals surface area contributed by atoms with Gasteiger partial charge >= 0.3 is 0 Å². The first-order valence-electron chi connectivity index (χ1n) is 8.27. The Kier molecular flexibility index (Phi) is 3.79. The predicted molar refractivity (Wildman–Crippen MR) is 94.0 cm³/mol. The van der Waals surface area contributed by atoms with Gasteiger partial charge in [0.25, 0.3) is 0 Å². The molecule has 4 heterocycles. The molecule has 0 aromatic carbocycles. The molecular formula is C17H19N7O. The Labute approximate surface area is 144 Å². The quantitative estimate of drug-likeness (QED) is 0.754. The lowest BCUT2D eigenvalue weighted by atomic mass is 10.2. The van der Waals surface area contributed by atoms with E-state index in [4.69, 9.17) is 4.98 Å². The largest absolute Gasteiger partial charge is 0.354 e. The van der Waals surface area contributed by atoms with E-state index in [-0.39, 0.29) is 11.9 Å². The van der Waals surface area contributed by atoms with E-state index in [0.717, 1.165) is 22.4 Å². The molecule has 1 saturated heterocycles. The summed E-state index contributed by atoms with van der Waals surface area (Å²) >= 11 is 0. The molecule has 8 nitrogen and oxygen atoms in total. The second-order valence-electron chi connectivity index (χ2n) is 6.21. The highest BCUT2D eigenvalue weighted by Gasteiger charge is 2.25. The van der Waals surface area contributed by atoms with Gasteiger partial charge in [-0.1, -0.05) is 0 Å². The molecular weight excluding hydrogens is 318 g/mol. The molecule has 4 rings (SSSR count). The molecule has 3 aromatic rings. The van der Waals surface area contributed by atoms with E-state index in [1.165, 1.54) is 0 Å². The van der Waals surface area contributed by atoms with Crippen LogP contribution < -0.4 is 10.2 Å². The number of anilines is 1. The van der Waals surface area contributed by atoms with Crippen LogP contribution in [0.4, 0.5) is 5.82 Å². The van der Waals surface area contributed by atoms with Gasteiger partial charge < -0.3 is 10.2 Å². The third-order valence-electron chi connectivity index (χ3n) is 4.47. The topological polar surface area (TPSA) is 88.8 Å². The summed E-state index contributed by atoms with van der Waals surface area (Å²) in [5.41, 5.74) is 1.61. The Balaban J connectivity index is 1.88. The SMILES string of the molecule is C[C@H]1CNC(=O)CCN1c1nc(-c2cccnc2)nc2c1cnn2C. The smallest absolute Gasteiger partial charge is 0.221 e. The highest BCUT2D eigenvalue weighted by atomic mass is 16.1. The Bertz CT molecular complexity index is 921. The molecule has 1 aliphatic rings. The fourth-order valence-electron chi connectivity index (χ4n) is 3.07.